The molecule has 0 spiro atoms. The van der Waals surface area contributed by atoms with E-state index in [4.69, 9.17) is 10.5 Å². The molecule has 0 amide bonds. The van der Waals surface area contributed by atoms with Gasteiger partial charge >= 0.3 is 5.97 Å². The molecule has 1 aromatic rings. The molecule has 3 rings (SSSR count). The number of benzene rings is 1. The summed E-state index contributed by atoms with van der Waals surface area (Å²) in [5.74, 6) is 3.78. The summed E-state index contributed by atoms with van der Waals surface area (Å²) in [5.41, 5.74) is 9.47. The standard InChI is InChI=1S/C33H53NO2/c1-4-5-6-7-26-8-12-29(13-9-26)31-16-18-32(19-17-31)30-14-10-27(11-15-30)24-28(20-22-34)21-23-36-33(35)25(2)3/h8-9,12-13,27-28,30-32H,2,4-7,10-11,14-24,34H2,1,3H3. The number of hydrogen-bond donors (Lipinski definition) is 1. The molecule has 2 N–H and O–H groups in total. The highest BCUT2D eigenvalue weighted by Crippen LogP contribution is 2.45. The number of hydrogen-bond acceptors (Lipinski definition) is 3. The zero-order valence-corrected chi connectivity index (χ0v) is 23.3. The van der Waals surface area contributed by atoms with Crippen LogP contribution in [-0.2, 0) is 16.0 Å². The second-order valence-corrected chi connectivity index (χ2v) is 12.0. The normalized spacial score (nSPS) is 25.3. The third-order valence-electron chi connectivity index (χ3n) is 9.20. The van der Waals surface area contributed by atoms with E-state index in [1.54, 1.807) is 12.5 Å². The molecular formula is C33H53NO2. The molecule has 2 aliphatic carbocycles. The fraction of sp³-hybridized carbons (Fsp3) is 0.727. The van der Waals surface area contributed by atoms with E-state index in [0.717, 1.165) is 43.1 Å². The van der Waals surface area contributed by atoms with Crippen LogP contribution in [0.25, 0.3) is 0 Å². The lowest BCUT2D eigenvalue weighted by atomic mass is 9.67. The lowest BCUT2D eigenvalue weighted by Crippen LogP contribution is -2.26. The minimum absolute atomic E-state index is 0.267. The van der Waals surface area contributed by atoms with Crippen molar-refractivity contribution in [1.82, 2.24) is 0 Å². The smallest absolute Gasteiger partial charge is 0.333 e. The van der Waals surface area contributed by atoms with Crippen LogP contribution in [0.4, 0.5) is 0 Å². The fourth-order valence-corrected chi connectivity index (χ4v) is 6.88. The molecule has 2 fully saturated rings. The van der Waals surface area contributed by atoms with Crippen LogP contribution in [0.1, 0.15) is 121 Å². The quantitative estimate of drug-likeness (QED) is 0.160. The van der Waals surface area contributed by atoms with Crippen molar-refractivity contribution in [1.29, 1.82) is 0 Å². The highest BCUT2D eigenvalue weighted by Gasteiger charge is 2.32. The summed E-state index contributed by atoms with van der Waals surface area (Å²) in [6.07, 6.45) is 19.6. The number of carbonyl (C=O) groups is 1. The first-order valence-corrected chi connectivity index (χ1v) is 15.1. The van der Waals surface area contributed by atoms with Gasteiger partial charge in [0, 0.05) is 5.57 Å². The Hall–Kier alpha value is -1.61. The van der Waals surface area contributed by atoms with E-state index >= 15 is 0 Å². The Morgan fingerprint density at radius 2 is 1.61 bits per heavy atom. The average molecular weight is 496 g/mol. The lowest BCUT2D eigenvalue weighted by Gasteiger charge is -2.38. The zero-order valence-electron chi connectivity index (χ0n) is 23.3. The molecule has 36 heavy (non-hydrogen) atoms. The summed E-state index contributed by atoms with van der Waals surface area (Å²) in [6.45, 7) is 8.87. The Balaban J connectivity index is 1.36. The number of esters is 1. The molecule has 3 nitrogen and oxygen atoms in total. The predicted molar refractivity (Wildman–Crippen MR) is 152 cm³/mol. The minimum Gasteiger partial charge on any atom is -0.462 e. The summed E-state index contributed by atoms with van der Waals surface area (Å²) < 4.78 is 5.35. The highest BCUT2D eigenvalue weighted by molar-refractivity contribution is 5.86. The first-order chi connectivity index (χ1) is 17.5. The van der Waals surface area contributed by atoms with Crippen LogP contribution in [0.15, 0.2) is 36.4 Å². The van der Waals surface area contributed by atoms with Gasteiger partial charge in [-0.2, -0.15) is 0 Å². The number of nitrogens with two attached hydrogens (primary N) is 1. The lowest BCUT2D eigenvalue weighted by molar-refractivity contribution is -0.139. The van der Waals surface area contributed by atoms with Crippen LogP contribution >= 0.6 is 0 Å². The Kier molecular flexibility index (Phi) is 12.5. The van der Waals surface area contributed by atoms with Crippen LogP contribution in [0.2, 0.25) is 0 Å². The van der Waals surface area contributed by atoms with Crippen LogP contribution in [-0.4, -0.2) is 19.1 Å². The maximum atomic E-state index is 11.7. The van der Waals surface area contributed by atoms with Crippen LogP contribution in [0.5, 0.6) is 0 Å². The number of unbranched alkanes of at least 4 members (excludes halogenated alkanes) is 2. The second kappa shape index (κ2) is 15.6. The third kappa shape index (κ3) is 9.36. The molecule has 2 saturated carbocycles. The summed E-state index contributed by atoms with van der Waals surface area (Å²) in [4.78, 5) is 11.7. The Bertz CT molecular complexity index is 769. The van der Waals surface area contributed by atoms with Crippen molar-refractivity contribution in [2.45, 2.75) is 116 Å². The Labute approximate surface area is 221 Å². The van der Waals surface area contributed by atoms with E-state index in [2.05, 4.69) is 37.8 Å². The van der Waals surface area contributed by atoms with Gasteiger partial charge < -0.3 is 10.5 Å². The molecule has 1 atom stereocenters. The van der Waals surface area contributed by atoms with Crippen molar-refractivity contribution >= 4 is 5.97 Å². The Morgan fingerprint density at radius 1 is 0.972 bits per heavy atom. The topological polar surface area (TPSA) is 52.3 Å². The monoisotopic (exact) mass is 495 g/mol. The summed E-state index contributed by atoms with van der Waals surface area (Å²) in [5, 5.41) is 0. The Morgan fingerprint density at radius 3 is 2.19 bits per heavy atom. The van der Waals surface area contributed by atoms with Crippen molar-refractivity contribution in [2.24, 2.45) is 29.4 Å². The molecule has 0 aromatic heterocycles. The molecule has 0 aliphatic heterocycles. The molecular weight excluding hydrogens is 442 g/mol. The van der Waals surface area contributed by atoms with Crippen LogP contribution in [0.3, 0.4) is 0 Å². The van der Waals surface area contributed by atoms with Crippen LogP contribution in [0, 0.1) is 23.7 Å². The SMILES string of the molecule is C=C(C)C(=O)OCCC(CCN)CC1CCC(C2CCC(c3ccc(CCCCC)cc3)CC2)CC1. The van der Waals surface area contributed by atoms with Crippen molar-refractivity contribution in [3.05, 3.63) is 47.5 Å². The fourth-order valence-electron chi connectivity index (χ4n) is 6.88. The number of carbonyl (C=O) groups excluding carboxylic acids is 1. The van der Waals surface area contributed by atoms with E-state index in [1.807, 2.05) is 0 Å². The molecule has 0 radical (unpaired) electrons. The molecule has 1 aromatic carbocycles. The van der Waals surface area contributed by atoms with Gasteiger partial charge in [0.25, 0.3) is 0 Å². The van der Waals surface area contributed by atoms with Gasteiger partial charge in [-0.3, -0.25) is 0 Å². The van der Waals surface area contributed by atoms with Crippen molar-refractivity contribution in [2.75, 3.05) is 13.2 Å². The highest BCUT2D eigenvalue weighted by atomic mass is 16.5. The van der Waals surface area contributed by atoms with Crippen molar-refractivity contribution < 1.29 is 9.53 Å². The molecule has 0 heterocycles. The molecule has 3 heteroatoms. The van der Waals surface area contributed by atoms with Crippen LogP contribution < -0.4 is 5.73 Å². The number of aryl methyl sites for hydroxylation is 1. The molecule has 2 aliphatic rings. The third-order valence-corrected chi connectivity index (χ3v) is 9.20. The predicted octanol–water partition coefficient (Wildman–Crippen LogP) is 8.36. The molecule has 1 unspecified atom stereocenters. The minimum atomic E-state index is -0.267. The second-order valence-electron chi connectivity index (χ2n) is 12.0. The maximum absolute atomic E-state index is 11.7. The number of ether oxygens (including phenoxy) is 1. The van der Waals surface area contributed by atoms with E-state index in [1.165, 1.54) is 89.0 Å². The summed E-state index contributed by atoms with van der Waals surface area (Å²) in [6, 6.07) is 9.63. The van der Waals surface area contributed by atoms with E-state index in [9.17, 15) is 4.79 Å². The average Bonchev–Trinajstić information content (AvgIpc) is 2.90. The zero-order chi connectivity index (χ0) is 25.8. The summed E-state index contributed by atoms with van der Waals surface area (Å²) in [7, 11) is 0. The largest absolute Gasteiger partial charge is 0.462 e. The van der Waals surface area contributed by atoms with Crippen molar-refractivity contribution in [3.8, 4) is 0 Å². The number of rotatable bonds is 14. The van der Waals surface area contributed by atoms with Gasteiger partial charge in [-0.1, -0.05) is 63.5 Å². The molecule has 0 bridgehead atoms. The first kappa shape index (κ1) is 29.0. The van der Waals surface area contributed by atoms with Gasteiger partial charge in [-0.15, -0.1) is 0 Å². The van der Waals surface area contributed by atoms with Gasteiger partial charge in [0.2, 0.25) is 0 Å². The summed E-state index contributed by atoms with van der Waals surface area (Å²) >= 11 is 0. The van der Waals surface area contributed by atoms with Gasteiger partial charge in [0.05, 0.1) is 6.61 Å². The first-order valence-electron chi connectivity index (χ1n) is 15.1. The van der Waals surface area contributed by atoms with E-state index < -0.39 is 0 Å². The maximum Gasteiger partial charge on any atom is 0.333 e. The van der Waals surface area contributed by atoms with Gasteiger partial charge in [-0.05, 0) is 125 Å². The van der Waals surface area contributed by atoms with Gasteiger partial charge in [0.1, 0.15) is 0 Å². The molecule has 0 saturated heterocycles. The molecule has 202 valence electrons. The van der Waals surface area contributed by atoms with Crippen molar-refractivity contribution in [3.63, 3.8) is 0 Å². The van der Waals surface area contributed by atoms with E-state index in [0.29, 0.717) is 18.1 Å². The van der Waals surface area contributed by atoms with Gasteiger partial charge in [0.15, 0.2) is 0 Å². The van der Waals surface area contributed by atoms with Gasteiger partial charge in [-0.25, -0.2) is 4.79 Å². The van der Waals surface area contributed by atoms with E-state index in [-0.39, 0.29) is 5.97 Å².